The monoisotopic (exact) mass is 284 g/mol. The summed E-state index contributed by atoms with van der Waals surface area (Å²) in [5.41, 5.74) is 1.69. The molecule has 0 aromatic heterocycles. The number of hydrogen-bond donors (Lipinski definition) is 1. The van der Waals surface area contributed by atoms with Crippen molar-refractivity contribution in [3.63, 3.8) is 0 Å². The van der Waals surface area contributed by atoms with Gasteiger partial charge in [-0.25, -0.2) is 8.42 Å². The molecule has 0 amide bonds. The second-order valence-corrected chi connectivity index (χ2v) is 6.74. The average molecular weight is 284 g/mol. The summed E-state index contributed by atoms with van der Waals surface area (Å²) in [5, 5.41) is 8.75. The first-order chi connectivity index (χ1) is 9.06. The van der Waals surface area contributed by atoms with Gasteiger partial charge >= 0.3 is 0 Å². The van der Waals surface area contributed by atoms with E-state index in [0.29, 0.717) is 25.9 Å². The van der Waals surface area contributed by atoms with Crippen LogP contribution in [0, 0.1) is 0 Å². The van der Waals surface area contributed by atoms with Crippen LogP contribution in [0.4, 0.5) is 11.4 Å². The van der Waals surface area contributed by atoms with E-state index in [4.69, 9.17) is 5.11 Å². The third-order valence-electron chi connectivity index (χ3n) is 3.35. The number of para-hydroxylation sites is 2. The molecule has 1 aromatic rings. The molecule has 6 heteroatoms. The fraction of sp³-hybridized carbons (Fsp3) is 0.538. The van der Waals surface area contributed by atoms with E-state index in [1.807, 2.05) is 31.3 Å². The second-order valence-electron chi connectivity index (χ2n) is 4.73. The zero-order valence-corrected chi connectivity index (χ0v) is 11.9. The summed E-state index contributed by atoms with van der Waals surface area (Å²) in [7, 11) is -1.33. The van der Waals surface area contributed by atoms with Crippen molar-refractivity contribution in [1.29, 1.82) is 0 Å². The predicted molar refractivity (Wildman–Crippen MR) is 77.2 cm³/mol. The van der Waals surface area contributed by atoms with Crippen LogP contribution in [-0.2, 0) is 10.0 Å². The van der Waals surface area contributed by atoms with Crippen molar-refractivity contribution in [3.8, 4) is 0 Å². The Balaban J connectivity index is 2.24. The summed E-state index contributed by atoms with van der Waals surface area (Å²) in [6.07, 6.45) is 1.02. The Morgan fingerprint density at radius 2 is 1.84 bits per heavy atom. The van der Waals surface area contributed by atoms with E-state index in [-0.39, 0.29) is 12.4 Å². The quantitative estimate of drug-likeness (QED) is 0.821. The normalized spacial score (nSPS) is 15.5. The Morgan fingerprint density at radius 1 is 1.16 bits per heavy atom. The van der Waals surface area contributed by atoms with E-state index in [2.05, 4.69) is 4.90 Å². The SMILES string of the molecule is CN1CCN(S(=O)(=O)CCCCO)c2ccccc21. The molecule has 1 heterocycles. The third-order valence-corrected chi connectivity index (χ3v) is 5.20. The highest BCUT2D eigenvalue weighted by Crippen LogP contribution is 2.33. The van der Waals surface area contributed by atoms with Crippen LogP contribution in [0.15, 0.2) is 24.3 Å². The molecule has 5 nitrogen and oxygen atoms in total. The Morgan fingerprint density at radius 3 is 2.53 bits per heavy atom. The molecule has 106 valence electrons. The highest BCUT2D eigenvalue weighted by molar-refractivity contribution is 7.92. The number of rotatable bonds is 5. The fourth-order valence-electron chi connectivity index (χ4n) is 2.27. The van der Waals surface area contributed by atoms with Gasteiger partial charge in [0.2, 0.25) is 10.0 Å². The maximum absolute atomic E-state index is 12.4. The Hall–Kier alpha value is -1.27. The van der Waals surface area contributed by atoms with Crippen LogP contribution in [-0.4, -0.2) is 46.0 Å². The molecule has 0 radical (unpaired) electrons. The van der Waals surface area contributed by atoms with Crippen LogP contribution in [0.5, 0.6) is 0 Å². The molecule has 2 rings (SSSR count). The van der Waals surface area contributed by atoms with Gasteiger partial charge in [-0.3, -0.25) is 4.31 Å². The first kappa shape index (κ1) is 14.1. The first-order valence-electron chi connectivity index (χ1n) is 6.48. The maximum atomic E-state index is 12.4. The number of aliphatic hydroxyl groups is 1. The molecule has 0 atom stereocenters. The summed E-state index contributed by atoms with van der Waals surface area (Å²) < 4.78 is 26.2. The minimum Gasteiger partial charge on any atom is -0.396 e. The molecule has 0 bridgehead atoms. The van der Waals surface area contributed by atoms with Gasteiger partial charge in [-0.05, 0) is 25.0 Å². The lowest BCUT2D eigenvalue weighted by Gasteiger charge is -2.36. The van der Waals surface area contributed by atoms with E-state index in [0.717, 1.165) is 11.4 Å². The molecule has 0 unspecified atom stereocenters. The standard InChI is InChI=1S/C13H20N2O3S/c1-14-8-9-15(13-7-3-2-6-12(13)14)19(17,18)11-5-4-10-16/h2-3,6-7,16H,4-5,8-11H2,1H3. The Bertz CT molecular complexity index is 530. The van der Waals surface area contributed by atoms with Crippen LogP contribution in [0.3, 0.4) is 0 Å². The minimum atomic E-state index is -3.30. The molecule has 0 saturated heterocycles. The number of unbranched alkanes of at least 4 members (excludes halogenated alkanes) is 1. The van der Waals surface area contributed by atoms with Crippen molar-refractivity contribution in [2.45, 2.75) is 12.8 Å². The smallest absolute Gasteiger partial charge is 0.235 e. The van der Waals surface area contributed by atoms with Gasteiger partial charge in [-0.15, -0.1) is 0 Å². The molecular weight excluding hydrogens is 264 g/mol. The van der Waals surface area contributed by atoms with Crippen LogP contribution in [0.25, 0.3) is 0 Å². The molecule has 19 heavy (non-hydrogen) atoms. The van der Waals surface area contributed by atoms with Gasteiger partial charge in [0.25, 0.3) is 0 Å². The number of benzene rings is 1. The van der Waals surface area contributed by atoms with Crippen molar-refractivity contribution in [2.75, 3.05) is 41.7 Å². The van der Waals surface area contributed by atoms with Crippen molar-refractivity contribution in [1.82, 2.24) is 0 Å². The number of hydrogen-bond acceptors (Lipinski definition) is 4. The first-order valence-corrected chi connectivity index (χ1v) is 8.08. The zero-order chi connectivity index (χ0) is 13.9. The Labute approximate surface area is 114 Å². The van der Waals surface area contributed by atoms with E-state index < -0.39 is 10.0 Å². The van der Waals surface area contributed by atoms with Crippen molar-refractivity contribution in [2.24, 2.45) is 0 Å². The number of sulfonamides is 1. The number of fused-ring (bicyclic) bond motifs is 1. The average Bonchev–Trinajstić information content (AvgIpc) is 2.39. The predicted octanol–water partition coefficient (Wildman–Crippen LogP) is 1.05. The van der Waals surface area contributed by atoms with Crippen LogP contribution >= 0.6 is 0 Å². The molecule has 0 fully saturated rings. The van der Waals surface area contributed by atoms with Gasteiger partial charge in [0.05, 0.1) is 23.7 Å². The van der Waals surface area contributed by atoms with Gasteiger partial charge in [0, 0.05) is 20.2 Å². The third kappa shape index (κ3) is 3.01. The lowest BCUT2D eigenvalue weighted by atomic mass is 10.2. The maximum Gasteiger partial charge on any atom is 0.235 e. The van der Waals surface area contributed by atoms with Gasteiger partial charge in [-0.1, -0.05) is 12.1 Å². The van der Waals surface area contributed by atoms with Crippen LogP contribution < -0.4 is 9.21 Å². The van der Waals surface area contributed by atoms with E-state index >= 15 is 0 Å². The molecule has 1 N–H and O–H groups in total. The molecular formula is C13H20N2O3S. The molecule has 0 aliphatic carbocycles. The molecule has 1 aromatic carbocycles. The van der Waals surface area contributed by atoms with E-state index in [1.54, 1.807) is 0 Å². The number of likely N-dealkylation sites (N-methyl/N-ethyl adjacent to an activating group) is 1. The van der Waals surface area contributed by atoms with E-state index in [1.165, 1.54) is 4.31 Å². The summed E-state index contributed by atoms with van der Waals surface area (Å²) in [6.45, 7) is 1.21. The van der Waals surface area contributed by atoms with Crippen LogP contribution in [0.2, 0.25) is 0 Å². The van der Waals surface area contributed by atoms with Crippen molar-refractivity contribution in [3.05, 3.63) is 24.3 Å². The van der Waals surface area contributed by atoms with Gasteiger partial charge in [-0.2, -0.15) is 0 Å². The molecule has 0 spiro atoms. The van der Waals surface area contributed by atoms with E-state index in [9.17, 15) is 8.42 Å². The van der Waals surface area contributed by atoms with Gasteiger partial charge < -0.3 is 10.0 Å². The van der Waals surface area contributed by atoms with Gasteiger partial charge in [0.1, 0.15) is 0 Å². The fourth-order valence-corrected chi connectivity index (χ4v) is 3.88. The number of nitrogens with zero attached hydrogens (tertiary/aromatic N) is 2. The highest BCUT2D eigenvalue weighted by atomic mass is 32.2. The zero-order valence-electron chi connectivity index (χ0n) is 11.1. The van der Waals surface area contributed by atoms with Crippen molar-refractivity contribution >= 4 is 21.4 Å². The Kier molecular flexibility index (Phi) is 4.31. The summed E-state index contributed by atoms with van der Waals surface area (Å²) >= 11 is 0. The topological polar surface area (TPSA) is 60.9 Å². The lowest BCUT2D eigenvalue weighted by Crippen LogP contribution is -2.43. The highest BCUT2D eigenvalue weighted by Gasteiger charge is 2.28. The minimum absolute atomic E-state index is 0.0366. The molecule has 1 aliphatic heterocycles. The van der Waals surface area contributed by atoms with Crippen molar-refractivity contribution < 1.29 is 13.5 Å². The summed E-state index contributed by atoms with van der Waals surface area (Å²) in [4.78, 5) is 2.06. The lowest BCUT2D eigenvalue weighted by molar-refractivity contribution is 0.287. The largest absolute Gasteiger partial charge is 0.396 e. The molecule has 1 aliphatic rings. The number of aliphatic hydroxyl groups excluding tert-OH is 1. The molecule has 0 saturated carbocycles. The number of anilines is 2. The van der Waals surface area contributed by atoms with Crippen LogP contribution in [0.1, 0.15) is 12.8 Å². The summed E-state index contributed by atoms with van der Waals surface area (Å²) in [6, 6.07) is 7.55. The van der Waals surface area contributed by atoms with Gasteiger partial charge in [0.15, 0.2) is 0 Å². The second kappa shape index (κ2) is 5.79. The summed E-state index contributed by atoms with van der Waals surface area (Å²) in [5.74, 6) is 0.0889.